The molecule has 2 nitrogen and oxygen atoms in total. The van der Waals surface area contributed by atoms with E-state index in [1.165, 1.54) is 0 Å². The zero-order valence-electron chi connectivity index (χ0n) is 11.1. The minimum absolute atomic E-state index is 0.688. The van der Waals surface area contributed by atoms with Crippen LogP contribution in [-0.4, -0.2) is 7.11 Å². The minimum Gasteiger partial charge on any atom is -0.496 e. The molecule has 0 saturated carbocycles. The molecule has 0 bridgehead atoms. The van der Waals surface area contributed by atoms with Gasteiger partial charge in [0, 0.05) is 16.5 Å². The molecule has 0 atom stereocenters. The molecule has 0 aliphatic heterocycles. The summed E-state index contributed by atoms with van der Waals surface area (Å²) in [4.78, 5) is 0. The number of fused-ring (bicyclic) bond motifs is 1. The summed E-state index contributed by atoms with van der Waals surface area (Å²) in [7, 11) is 1.64. The molecule has 0 spiro atoms. The number of nitrogens with zero attached hydrogens (tertiary/aromatic N) is 1. The van der Waals surface area contributed by atoms with E-state index in [2.05, 4.69) is 6.07 Å². The molecule has 0 fully saturated rings. The molecular weight excluding hydrogens is 246 g/mol. The zero-order chi connectivity index (χ0) is 13.9. The number of ether oxygens (including phenoxy) is 1. The smallest absolute Gasteiger partial charge is 0.126 e. The standard InChI is InChI=1S/C18H13NO/c1-20-18-9-5-4-8-16(18)15-11-10-13-6-2-3-7-14(13)17(15)12-19/h2-11H,1H3. The minimum atomic E-state index is 0.688. The summed E-state index contributed by atoms with van der Waals surface area (Å²) in [6.45, 7) is 0. The Hall–Kier alpha value is -2.79. The van der Waals surface area contributed by atoms with Gasteiger partial charge in [0.15, 0.2) is 0 Å². The van der Waals surface area contributed by atoms with Crippen molar-refractivity contribution in [3.05, 3.63) is 66.2 Å². The van der Waals surface area contributed by atoms with Crippen molar-refractivity contribution in [1.29, 1.82) is 5.26 Å². The highest BCUT2D eigenvalue weighted by molar-refractivity contribution is 5.95. The van der Waals surface area contributed by atoms with Gasteiger partial charge in [-0.2, -0.15) is 5.26 Å². The summed E-state index contributed by atoms with van der Waals surface area (Å²) < 4.78 is 5.40. The maximum atomic E-state index is 9.55. The van der Waals surface area contributed by atoms with E-state index < -0.39 is 0 Å². The lowest BCUT2D eigenvalue weighted by atomic mass is 9.94. The lowest BCUT2D eigenvalue weighted by Gasteiger charge is -2.11. The third-order valence-corrected chi connectivity index (χ3v) is 3.44. The van der Waals surface area contributed by atoms with Crippen LogP contribution >= 0.6 is 0 Å². The van der Waals surface area contributed by atoms with Crippen LogP contribution in [0.25, 0.3) is 21.9 Å². The third kappa shape index (κ3) is 1.90. The van der Waals surface area contributed by atoms with Crippen molar-refractivity contribution in [2.75, 3.05) is 7.11 Å². The van der Waals surface area contributed by atoms with Crippen LogP contribution in [0.2, 0.25) is 0 Å². The lowest BCUT2D eigenvalue weighted by Crippen LogP contribution is -1.91. The van der Waals surface area contributed by atoms with E-state index in [1.54, 1.807) is 7.11 Å². The fourth-order valence-corrected chi connectivity index (χ4v) is 2.48. The molecule has 2 heteroatoms. The Morgan fingerprint density at radius 1 is 0.850 bits per heavy atom. The number of nitriles is 1. The average molecular weight is 259 g/mol. The van der Waals surface area contributed by atoms with Crippen LogP contribution in [0.15, 0.2) is 60.7 Å². The first-order valence-electron chi connectivity index (χ1n) is 6.40. The molecule has 3 aromatic carbocycles. The normalized spacial score (nSPS) is 10.2. The largest absolute Gasteiger partial charge is 0.496 e. The second kappa shape index (κ2) is 5.07. The predicted octanol–water partition coefficient (Wildman–Crippen LogP) is 4.39. The summed E-state index contributed by atoms with van der Waals surface area (Å²) in [5.74, 6) is 0.777. The van der Waals surface area contributed by atoms with E-state index in [0.717, 1.165) is 27.6 Å². The van der Waals surface area contributed by atoms with Gasteiger partial charge in [0.2, 0.25) is 0 Å². The van der Waals surface area contributed by atoms with Crippen molar-refractivity contribution in [1.82, 2.24) is 0 Å². The van der Waals surface area contributed by atoms with E-state index in [0.29, 0.717) is 5.56 Å². The predicted molar refractivity (Wildman–Crippen MR) is 80.7 cm³/mol. The van der Waals surface area contributed by atoms with Gasteiger partial charge in [0.1, 0.15) is 11.8 Å². The number of rotatable bonds is 2. The molecule has 0 N–H and O–H groups in total. The molecule has 20 heavy (non-hydrogen) atoms. The average Bonchev–Trinajstić information content (AvgIpc) is 2.53. The second-order valence-corrected chi connectivity index (χ2v) is 4.52. The van der Waals surface area contributed by atoms with Gasteiger partial charge < -0.3 is 4.74 Å². The van der Waals surface area contributed by atoms with Gasteiger partial charge in [-0.3, -0.25) is 0 Å². The molecule has 0 aliphatic carbocycles. The molecule has 0 amide bonds. The van der Waals surface area contributed by atoms with Gasteiger partial charge in [-0.1, -0.05) is 54.6 Å². The Kier molecular flexibility index (Phi) is 3.10. The van der Waals surface area contributed by atoms with Crippen molar-refractivity contribution >= 4 is 10.8 Å². The van der Waals surface area contributed by atoms with Crippen molar-refractivity contribution < 1.29 is 4.74 Å². The highest BCUT2D eigenvalue weighted by atomic mass is 16.5. The number of methoxy groups -OCH3 is 1. The first-order valence-corrected chi connectivity index (χ1v) is 6.40. The Balaban J connectivity index is 2.35. The molecule has 3 rings (SSSR count). The van der Waals surface area contributed by atoms with Crippen LogP contribution in [-0.2, 0) is 0 Å². The van der Waals surface area contributed by atoms with E-state index in [-0.39, 0.29) is 0 Å². The van der Waals surface area contributed by atoms with Crippen LogP contribution in [0, 0.1) is 11.3 Å². The second-order valence-electron chi connectivity index (χ2n) is 4.52. The summed E-state index contributed by atoms with van der Waals surface area (Å²) >= 11 is 0. The van der Waals surface area contributed by atoms with E-state index >= 15 is 0 Å². The number of hydrogen-bond donors (Lipinski definition) is 0. The molecule has 0 saturated heterocycles. The van der Waals surface area contributed by atoms with Crippen LogP contribution < -0.4 is 4.74 Å². The fourth-order valence-electron chi connectivity index (χ4n) is 2.48. The number of benzene rings is 3. The van der Waals surface area contributed by atoms with Crippen LogP contribution in [0.3, 0.4) is 0 Å². The topological polar surface area (TPSA) is 33.0 Å². The zero-order valence-corrected chi connectivity index (χ0v) is 11.1. The number of hydrogen-bond acceptors (Lipinski definition) is 2. The summed E-state index contributed by atoms with van der Waals surface area (Å²) in [5, 5.41) is 11.6. The van der Waals surface area contributed by atoms with Crippen molar-refractivity contribution in [2.45, 2.75) is 0 Å². The van der Waals surface area contributed by atoms with Gasteiger partial charge >= 0.3 is 0 Å². The molecule has 0 unspecified atom stereocenters. The Morgan fingerprint density at radius 2 is 1.60 bits per heavy atom. The van der Waals surface area contributed by atoms with Crippen molar-refractivity contribution in [2.24, 2.45) is 0 Å². The molecule has 0 aliphatic rings. The number of para-hydroxylation sites is 1. The maximum Gasteiger partial charge on any atom is 0.126 e. The highest BCUT2D eigenvalue weighted by Gasteiger charge is 2.12. The Bertz CT molecular complexity index is 815. The first-order chi connectivity index (χ1) is 9.85. The quantitative estimate of drug-likeness (QED) is 0.684. The van der Waals surface area contributed by atoms with Gasteiger partial charge in [-0.25, -0.2) is 0 Å². The van der Waals surface area contributed by atoms with Crippen LogP contribution in [0.4, 0.5) is 0 Å². The van der Waals surface area contributed by atoms with Gasteiger partial charge in [-0.15, -0.1) is 0 Å². The summed E-state index contributed by atoms with van der Waals surface area (Å²) in [5.41, 5.74) is 2.54. The monoisotopic (exact) mass is 259 g/mol. The van der Waals surface area contributed by atoms with E-state index in [9.17, 15) is 5.26 Å². The highest BCUT2D eigenvalue weighted by Crippen LogP contribution is 2.35. The molecule has 0 radical (unpaired) electrons. The SMILES string of the molecule is COc1ccccc1-c1ccc2ccccc2c1C#N. The maximum absolute atomic E-state index is 9.55. The molecule has 0 aromatic heterocycles. The fraction of sp³-hybridized carbons (Fsp3) is 0.0556. The van der Waals surface area contributed by atoms with Gasteiger partial charge in [0.25, 0.3) is 0 Å². The summed E-state index contributed by atoms with van der Waals surface area (Å²) in [6.07, 6.45) is 0. The first kappa shape index (κ1) is 12.3. The van der Waals surface area contributed by atoms with Crippen LogP contribution in [0.1, 0.15) is 5.56 Å². The van der Waals surface area contributed by atoms with Gasteiger partial charge in [0.05, 0.1) is 12.7 Å². The van der Waals surface area contributed by atoms with Crippen molar-refractivity contribution in [3.8, 4) is 22.9 Å². The van der Waals surface area contributed by atoms with Crippen LogP contribution in [0.5, 0.6) is 5.75 Å². The lowest BCUT2D eigenvalue weighted by molar-refractivity contribution is 0.416. The van der Waals surface area contributed by atoms with Gasteiger partial charge in [-0.05, 0) is 11.5 Å². The van der Waals surface area contributed by atoms with E-state index in [1.807, 2.05) is 60.7 Å². The molecule has 96 valence electrons. The Morgan fingerprint density at radius 3 is 2.40 bits per heavy atom. The molecule has 0 heterocycles. The van der Waals surface area contributed by atoms with E-state index in [4.69, 9.17) is 4.74 Å². The summed E-state index contributed by atoms with van der Waals surface area (Å²) in [6, 6.07) is 22.0. The molecular formula is C18H13NO. The Labute approximate surface area is 117 Å². The third-order valence-electron chi connectivity index (χ3n) is 3.44. The molecule has 3 aromatic rings. The van der Waals surface area contributed by atoms with Crippen molar-refractivity contribution in [3.63, 3.8) is 0 Å².